The number of hydrogen-bond acceptors (Lipinski definition) is 4. The predicted octanol–water partition coefficient (Wildman–Crippen LogP) is 5.61. The van der Waals surface area contributed by atoms with Gasteiger partial charge in [-0.25, -0.2) is 0 Å². The average Bonchev–Trinajstić information content (AvgIpc) is 2.87. The number of benzene rings is 2. The van der Waals surface area contributed by atoms with Crippen LogP contribution in [0.15, 0.2) is 91.3 Å². The molecule has 1 heterocycles. The Hall–Kier alpha value is -3.86. The van der Waals surface area contributed by atoms with Crippen molar-refractivity contribution in [2.45, 2.75) is 32.2 Å². The van der Waals surface area contributed by atoms with Crippen molar-refractivity contribution >= 4 is 11.5 Å². The van der Waals surface area contributed by atoms with Crippen LogP contribution in [0.25, 0.3) is 5.57 Å². The number of methoxy groups -OCH3 is 2. The summed E-state index contributed by atoms with van der Waals surface area (Å²) in [7, 11) is 3.30. The van der Waals surface area contributed by atoms with Crippen molar-refractivity contribution in [1.29, 1.82) is 0 Å². The zero-order chi connectivity index (χ0) is 24.2. The van der Waals surface area contributed by atoms with Crippen molar-refractivity contribution < 1.29 is 14.3 Å². The van der Waals surface area contributed by atoms with Crippen LogP contribution in [0.1, 0.15) is 36.5 Å². The van der Waals surface area contributed by atoms with Gasteiger partial charge in [0.05, 0.1) is 14.2 Å². The number of ether oxygens (including phenoxy) is 2. The molecule has 0 saturated heterocycles. The van der Waals surface area contributed by atoms with Gasteiger partial charge in [-0.1, -0.05) is 42.5 Å². The lowest BCUT2D eigenvalue weighted by Crippen LogP contribution is -2.31. The number of hydrogen-bond donors (Lipinski definition) is 1. The van der Waals surface area contributed by atoms with Crippen molar-refractivity contribution in [2.24, 2.45) is 0 Å². The fourth-order valence-electron chi connectivity index (χ4n) is 3.69. The fourth-order valence-corrected chi connectivity index (χ4v) is 3.69. The normalized spacial score (nSPS) is 11.6. The minimum Gasteiger partial charge on any atom is -0.497 e. The molecule has 0 radical (unpaired) electrons. The largest absolute Gasteiger partial charge is 0.497 e. The van der Waals surface area contributed by atoms with Gasteiger partial charge < -0.3 is 14.8 Å². The van der Waals surface area contributed by atoms with E-state index in [-0.39, 0.29) is 11.9 Å². The van der Waals surface area contributed by atoms with Crippen molar-refractivity contribution in [3.8, 4) is 11.5 Å². The van der Waals surface area contributed by atoms with E-state index in [0.717, 1.165) is 47.5 Å². The number of carbonyl (C=O) groups excluding carboxylic acids is 1. The zero-order valence-electron chi connectivity index (χ0n) is 20.0. The highest BCUT2D eigenvalue weighted by molar-refractivity contribution is 5.89. The van der Waals surface area contributed by atoms with Gasteiger partial charge in [0.25, 0.3) is 0 Å². The molecule has 2 aromatic carbocycles. The lowest BCUT2D eigenvalue weighted by Gasteiger charge is -2.12. The maximum absolute atomic E-state index is 12.5. The van der Waals surface area contributed by atoms with E-state index >= 15 is 0 Å². The van der Waals surface area contributed by atoms with Gasteiger partial charge >= 0.3 is 0 Å². The van der Waals surface area contributed by atoms with Crippen molar-refractivity contribution in [3.05, 3.63) is 108 Å². The van der Waals surface area contributed by atoms with Crippen LogP contribution in [0.2, 0.25) is 0 Å². The van der Waals surface area contributed by atoms with Crippen LogP contribution < -0.4 is 14.8 Å². The first kappa shape index (κ1) is 24.8. The number of nitrogens with one attached hydrogen (secondary N) is 1. The second-order valence-corrected chi connectivity index (χ2v) is 8.07. The summed E-state index contributed by atoms with van der Waals surface area (Å²) in [4.78, 5) is 16.6. The molecule has 1 N–H and O–H groups in total. The average molecular weight is 457 g/mol. The molecule has 5 heteroatoms. The standard InChI is InChI=1S/C29H32N2O3/c1-22(9-4-10-23-11-8-18-30-21-23)31-29(32)17-7-16-28(24-12-5-14-26(19-24)33-2)25-13-6-15-27(20-25)34-3/h5-8,11-22H,4,9-10H2,1-3H3,(H,31,32)/b17-7+/t22-/m1/s1. The van der Waals surface area contributed by atoms with E-state index < -0.39 is 0 Å². The van der Waals surface area contributed by atoms with E-state index in [1.54, 1.807) is 32.6 Å². The van der Waals surface area contributed by atoms with E-state index in [9.17, 15) is 4.79 Å². The number of aryl methyl sites for hydroxylation is 1. The third kappa shape index (κ3) is 7.62. The number of pyridine rings is 1. The first-order valence-corrected chi connectivity index (χ1v) is 11.5. The number of carbonyl (C=O) groups is 1. The van der Waals surface area contributed by atoms with Crippen LogP contribution in [0.3, 0.4) is 0 Å². The Balaban J connectivity index is 1.67. The molecule has 3 aromatic rings. The van der Waals surface area contributed by atoms with E-state index in [1.165, 1.54) is 5.56 Å². The first-order valence-electron chi connectivity index (χ1n) is 11.5. The van der Waals surface area contributed by atoms with Crippen LogP contribution in [0.5, 0.6) is 11.5 Å². The molecular weight excluding hydrogens is 424 g/mol. The van der Waals surface area contributed by atoms with Crippen LogP contribution >= 0.6 is 0 Å². The summed E-state index contributed by atoms with van der Waals surface area (Å²) in [5.41, 5.74) is 4.16. The quantitative estimate of drug-likeness (QED) is 0.301. The third-order valence-corrected chi connectivity index (χ3v) is 5.49. The Kier molecular flexibility index (Phi) is 9.47. The molecule has 1 amide bonds. The fraction of sp³-hybridized carbons (Fsp3) is 0.241. The molecule has 1 aromatic heterocycles. The van der Waals surface area contributed by atoms with Gasteiger partial charge in [-0.15, -0.1) is 0 Å². The summed E-state index contributed by atoms with van der Waals surface area (Å²) >= 11 is 0. The Labute approximate surface area is 202 Å². The molecule has 0 unspecified atom stereocenters. The lowest BCUT2D eigenvalue weighted by atomic mass is 9.97. The Morgan fingerprint density at radius 1 is 1.00 bits per heavy atom. The van der Waals surface area contributed by atoms with Gasteiger partial charge in [0.1, 0.15) is 11.5 Å². The molecule has 0 bridgehead atoms. The minimum atomic E-state index is -0.110. The Bertz CT molecular complexity index is 1070. The van der Waals surface area contributed by atoms with Crippen LogP contribution in [0.4, 0.5) is 0 Å². The van der Waals surface area contributed by atoms with E-state index in [1.807, 2.05) is 73.8 Å². The highest BCUT2D eigenvalue weighted by Crippen LogP contribution is 2.28. The molecular formula is C29H32N2O3. The smallest absolute Gasteiger partial charge is 0.244 e. The molecule has 5 nitrogen and oxygen atoms in total. The van der Waals surface area contributed by atoms with Gasteiger partial charge in [-0.05, 0) is 78.8 Å². The highest BCUT2D eigenvalue weighted by Gasteiger charge is 2.08. The monoisotopic (exact) mass is 456 g/mol. The van der Waals surface area contributed by atoms with E-state index in [4.69, 9.17) is 9.47 Å². The molecule has 0 fully saturated rings. The number of aromatic nitrogens is 1. The Morgan fingerprint density at radius 2 is 1.68 bits per heavy atom. The van der Waals surface area contributed by atoms with Gasteiger partial charge in [0.15, 0.2) is 0 Å². The van der Waals surface area contributed by atoms with Crippen molar-refractivity contribution in [1.82, 2.24) is 10.3 Å². The number of nitrogens with zero attached hydrogens (tertiary/aromatic N) is 1. The first-order chi connectivity index (χ1) is 16.6. The molecule has 34 heavy (non-hydrogen) atoms. The maximum atomic E-state index is 12.5. The molecule has 1 atom stereocenters. The molecule has 0 spiro atoms. The van der Waals surface area contributed by atoms with Gasteiger partial charge in [-0.2, -0.15) is 0 Å². The number of amides is 1. The van der Waals surface area contributed by atoms with Gasteiger partial charge in [0, 0.05) is 24.5 Å². The van der Waals surface area contributed by atoms with Gasteiger partial charge in [0.2, 0.25) is 5.91 Å². The van der Waals surface area contributed by atoms with Crippen molar-refractivity contribution in [2.75, 3.05) is 14.2 Å². The second-order valence-electron chi connectivity index (χ2n) is 8.07. The van der Waals surface area contributed by atoms with E-state index in [0.29, 0.717) is 0 Å². The molecule has 0 aliphatic rings. The summed E-state index contributed by atoms with van der Waals surface area (Å²) in [6.07, 6.45) is 11.8. The predicted molar refractivity (Wildman–Crippen MR) is 137 cm³/mol. The Morgan fingerprint density at radius 3 is 2.26 bits per heavy atom. The molecule has 176 valence electrons. The summed E-state index contributed by atoms with van der Waals surface area (Å²) in [6.45, 7) is 2.03. The van der Waals surface area contributed by atoms with Crippen LogP contribution in [-0.2, 0) is 11.2 Å². The molecule has 3 rings (SSSR count). The van der Waals surface area contributed by atoms with Crippen molar-refractivity contribution in [3.63, 3.8) is 0 Å². The summed E-state index contributed by atoms with van der Waals surface area (Å²) in [6, 6.07) is 19.8. The van der Waals surface area contributed by atoms with Crippen LogP contribution in [-0.4, -0.2) is 31.2 Å². The SMILES string of the molecule is COc1cccc(C(=C/C=C/C(=O)N[C@H](C)CCCc2cccnc2)c2cccc(OC)c2)c1. The topological polar surface area (TPSA) is 60.5 Å². The highest BCUT2D eigenvalue weighted by atomic mass is 16.5. The summed E-state index contributed by atoms with van der Waals surface area (Å²) < 4.78 is 10.8. The van der Waals surface area contributed by atoms with E-state index in [2.05, 4.69) is 16.4 Å². The zero-order valence-corrected chi connectivity index (χ0v) is 20.0. The minimum absolute atomic E-state index is 0.0917. The molecule has 0 aliphatic heterocycles. The lowest BCUT2D eigenvalue weighted by molar-refractivity contribution is -0.117. The second kappa shape index (κ2) is 13.0. The number of rotatable bonds is 11. The molecule has 0 saturated carbocycles. The molecule has 0 aliphatic carbocycles. The third-order valence-electron chi connectivity index (χ3n) is 5.49. The summed E-state index contributed by atoms with van der Waals surface area (Å²) in [5, 5.41) is 3.05. The van der Waals surface area contributed by atoms with Crippen LogP contribution in [0, 0.1) is 0 Å². The van der Waals surface area contributed by atoms with Gasteiger partial charge in [-0.3, -0.25) is 9.78 Å². The maximum Gasteiger partial charge on any atom is 0.244 e. The summed E-state index contributed by atoms with van der Waals surface area (Å²) in [5.74, 6) is 1.43. The number of allylic oxidation sites excluding steroid dienone is 2.